The van der Waals surface area contributed by atoms with Crippen molar-refractivity contribution >= 4 is 23.6 Å². The van der Waals surface area contributed by atoms with Crippen molar-refractivity contribution in [3.63, 3.8) is 0 Å². The second-order valence-corrected chi connectivity index (χ2v) is 5.91. The van der Waals surface area contributed by atoms with Gasteiger partial charge in [-0.05, 0) is 32.9 Å². The number of hydrogen-bond acceptors (Lipinski definition) is 7. The van der Waals surface area contributed by atoms with Gasteiger partial charge in [0.15, 0.2) is 0 Å². The highest BCUT2D eigenvalue weighted by molar-refractivity contribution is 5.99. The van der Waals surface area contributed by atoms with E-state index in [-0.39, 0.29) is 37.4 Å². The fraction of sp³-hybridized carbons (Fsp3) is 0.381. The van der Waals surface area contributed by atoms with Gasteiger partial charge in [0, 0.05) is 24.0 Å². The summed E-state index contributed by atoms with van der Waals surface area (Å²) >= 11 is 0. The molecule has 1 aromatic rings. The van der Waals surface area contributed by atoms with Crippen LogP contribution in [0.4, 0.5) is 5.69 Å². The van der Waals surface area contributed by atoms with Crippen molar-refractivity contribution < 1.29 is 28.6 Å². The molecule has 1 aliphatic rings. The van der Waals surface area contributed by atoms with Crippen LogP contribution in [0.3, 0.4) is 0 Å². The Balaban J connectivity index is 2.50. The molecule has 0 radical (unpaired) electrons. The van der Waals surface area contributed by atoms with E-state index in [1.807, 2.05) is 30.3 Å². The predicted molar refractivity (Wildman–Crippen MR) is 103 cm³/mol. The number of hydrogen-bond donors (Lipinski definition) is 0. The number of nitrogens with zero attached hydrogens (tertiary/aromatic N) is 1. The Hall–Kier alpha value is -3.09. The molecule has 1 heterocycles. The number of carbonyl (C=O) groups excluding carboxylic acids is 3. The third-order valence-electron chi connectivity index (χ3n) is 4.06. The van der Waals surface area contributed by atoms with Crippen LogP contribution in [0, 0.1) is 5.92 Å². The lowest BCUT2D eigenvalue weighted by molar-refractivity contribution is -0.144. The minimum atomic E-state index is -0.808. The van der Waals surface area contributed by atoms with E-state index in [9.17, 15) is 14.4 Å². The lowest BCUT2D eigenvalue weighted by atomic mass is 9.86. The van der Waals surface area contributed by atoms with E-state index in [0.29, 0.717) is 0 Å². The number of ether oxygens (including phenoxy) is 3. The van der Waals surface area contributed by atoms with Crippen LogP contribution < -0.4 is 4.90 Å². The summed E-state index contributed by atoms with van der Waals surface area (Å²) in [5.41, 5.74) is 1.15. The maximum absolute atomic E-state index is 12.6. The summed E-state index contributed by atoms with van der Waals surface area (Å²) in [7, 11) is 0. The van der Waals surface area contributed by atoms with Gasteiger partial charge >= 0.3 is 17.9 Å². The normalized spacial score (nSPS) is 14.0. The fourth-order valence-electron chi connectivity index (χ4n) is 2.86. The lowest BCUT2D eigenvalue weighted by Gasteiger charge is -2.29. The first-order chi connectivity index (χ1) is 13.5. The first-order valence-corrected chi connectivity index (χ1v) is 9.28. The van der Waals surface area contributed by atoms with Gasteiger partial charge in [-0.1, -0.05) is 18.2 Å². The molecule has 0 amide bonds. The monoisotopic (exact) mass is 387 g/mol. The van der Waals surface area contributed by atoms with E-state index in [2.05, 4.69) is 0 Å². The third-order valence-corrected chi connectivity index (χ3v) is 4.06. The smallest absolute Gasteiger partial charge is 0.336 e. The van der Waals surface area contributed by atoms with Crippen LogP contribution in [0.25, 0.3) is 0 Å². The zero-order valence-electron chi connectivity index (χ0n) is 16.3. The summed E-state index contributed by atoms with van der Waals surface area (Å²) in [6.07, 6.45) is 3.01. The fourth-order valence-corrected chi connectivity index (χ4v) is 2.86. The van der Waals surface area contributed by atoms with Gasteiger partial charge in [-0.3, -0.25) is 4.79 Å². The van der Waals surface area contributed by atoms with Crippen molar-refractivity contribution in [1.82, 2.24) is 0 Å². The molecule has 0 aliphatic carbocycles. The van der Waals surface area contributed by atoms with E-state index in [1.165, 1.54) is 0 Å². The van der Waals surface area contributed by atoms with Gasteiger partial charge in [-0.25, -0.2) is 9.59 Å². The Morgan fingerprint density at radius 1 is 0.821 bits per heavy atom. The van der Waals surface area contributed by atoms with E-state index in [0.717, 1.165) is 5.69 Å². The second-order valence-electron chi connectivity index (χ2n) is 5.91. The van der Waals surface area contributed by atoms with Gasteiger partial charge in [0.1, 0.15) is 0 Å². The van der Waals surface area contributed by atoms with Crippen molar-refractivity contribution in [3.05, 3.63) is 53.9 Å². The lowest BCUT2D eigenvalue weighted by Crippen LogP contribution is -2.32. The number of anilines is 1. The van der Waals surface area contributed by atoms with Crippen molar-refractivity contribution in [3.8, 4) is 0 Å². The molecule has 0 N–H and O–H groups in total. The highest BCUT2D eigenvalue weighted by atomic mass is 16.5. The number of para-hydroxylation sites is 1. The molecule has 28 heavy (non-hydrogen) atoms. The molecule has 0 fully saturated rings. The van der Waals surface area contributed by atoms with Crippen LogP contribution >= 0.6 is 0 Å². The Bertz CT molecular complexity index is 732. The van der Waals surface area contributed by atoms with E-state index in [4.69, 9.17) is 14.2 Å². The zero-order valence-corrected chi connectivity index (χ0v) is 16.3. The van der Waals surface area contributed by atoms with Gasteiger partial charge in [0.25, 0.3) is 0 Å². The molecular formula is C21H25NO6. The van der Waals surface area contributed by atoms with Gasteiger partial charge in [0.05, 0.1) is 37.4 Å². The molecule has 7 nitrogen and oxygen atoms in total. The summed E-state index contributed by atoms with van der Waals surface area (Å²) in [6, 6.07) is 9.23. The molecule has 7 heteroatoms. The van der Waals surface area contributed by atoms with Crippen molar-refractivity contribution in [1.29, 1.82) is 0 Å². The Labute approximate surface area is 164 Å². The molecule has 0 saturated heterocycles. The van der Waals surface area contributed by atoms with E-state index in [1.54, 1.807) is 38.1 Å². The highest BCUT2D eigenvalue weighted by Crippen LogP contribution is 2.33. The number of benzene rings is 1. The van der Waals surface area contributed by atoms with E-state index >= 15 is 0 Å². The Morgan fingerprint density at radius 3 is 1.79 bits per heavy atom. The summed E-state index contributed by atoms with van der Waals surface area (Å²) < 4.78 is 15.3. The van der Waals surface area contributed by atoms with Crippen LogP contribution in [0.5, 0.6) is 0 Å². The molecule has 1 aromatic carbocycles. The first kappa shape index (κ1) is 21.2. The topological polar surface area (TPSA) is 82.1 Å². The van der Waals surface area contributed by atoms with Crippen LogP contribution in [0.15, 0.2) is 53.9 Å². The maximum atomic E-state index is 12.6. The minimum absolute atomic E-state index is 0.161. The summed E-state index contributed by atoms with van der Waals surface area (Å²) in [5.74, 6) is -2.50. The van der Waals surface area contributed by atoms with Crippen molar-refractivity contribution in [2.24, 2.45) is 5.92 Å². The zero-order chi connectivity index (χ0) is 20.5. The molecule has 0 bridgehead atoms. The van der Waals surface area contributed by atoms with Gasteiger partial charge < -0.3 is 19.1 Å². The van der Waals surface area contributed by atoms with Crippen LogP contribution in [-0.2, 0) is 28.6 Å². The largest absolute Gasteiger partial charge is 0.466 e. The predicted octanol–water partition coefficient (Wildman–Crippen LogP) is 2.97. The first-order valence-electron chi connectivity index (χ1n) is 9.28. The second kappa shape index (κ2) is 10.3. The third kappa shape index (κ3) is 5.22. The van der Waals surface area contributed by atoms with Crippen molar-refractivity contribution in [2.75, 3.05) is 24.7 Å². The molecule has 0 spiro atoms. The van der Waals surface area contributed by atoms with Gasteiger partial charge in [-0.15, -0.1) is 0 Å². The molecule has 0 aromatic heterocycles. The minimum Gasteiger partial charge on any atom is -0.466 e. The molecule has 1 aliphatic heterocycles. The average Bonchev–Trinajstić information content (AvgIpc) is 2.69. The van der Waals surface area contributed by atoms with Gasteiger partial charge in [0.2, 0.25) is 0 Å². The summed E-state index contributed by atoms with van der Waals surface area (Å²) in [5, 5.41) is 0. The number of esters is 3. The number of carbonyl (C=O) groups is 3. The van der Waals surface area contributed by atoms with Crippen LogP contribution in [0.2, 0.25) is 0 Å². The SMILES string of the molecule is CCOC(=O)CC1C(C(=O)OCC)=CN(c2ccccc2)C=C1C(=O)OCC. The standard InChI is InChI=1S/C21H25NO6/c1-4-26-19(23)12-16-17(20(24)27-5-2)13-22(15-10-8-7-9-11-15)14-18(16)21(25)28-6-3/h7-11,13-14,16H,4-6,12H2,1-3H3. The van der Waals surface area contributed by atoms with E-state index < -0.39 is 23.8 Å². The molecule has 150 valence electrons. The molecule has 0 atom stereocenters. The molecule has 0 unspecified atom stereocenters. The van der Waals surface area contributed by atoms with Gasteiger partial charge in [-0.2, -0.15) is 0 Å². The maximum Gasteiger partial charge on any atom is 0.336 e. The average molecular weight is 387 g/mol. The molecule has 0 saturated carbocycles. The Kier molecular flexibility index (Phi) is 7.80. The molecular weight excluding hydrogens is 362 g/mol. The van der Waals surface area contributed by atoms with Crippen LogP contribution in [-0.4, -0.2) is 37.7 Å². The summed E-state index contributed by atoms with van der Waals surface area (Å²) in [6.45, 7) is 5.63. The highest BCUT2D eigenvalue weighted by Gasteiger charge is 2.36. The quantitative estimate of drug-likeness (QED) is 0.501. The van der Waals surface area contributed by atoms with Crippen molar-refractivity contribution in [2.45, 2.75) is 27.2 Å². The summed E-state index contributed by atoms with van der Waals surface area (Å²) in [4.78, 5) is 39.0. The molecule has 2 rings (SSSR count). The van der Waals surface area contributed by atoms with Crippen LogP contribution in [0.1, 0.15) is 27.2 Å². The number of rotatable bonds is 8. The Morgan fingerprint density at radius 2 is 1.32 bits per heavy atom.